The van der Waals surface area contributed by atoms with Gasteiger partial charge in [0.2, 0.25) is 0 Å². The molecule has 1 aromatic carbocycles. The smallest absolute Gasteiger partial charge is 0.348 e. The molecule has 0 spiro atoms. The average molecular weight is 403 g/mol. The molecule has 9 heteroatoms. The van der Waals surface area contributed by atoms with Crippen molar-refractivity contribution in [1.29, 1.82) is 5.26 Å². The average Bonchev–Trinajstić information content (AvgIpc) is 3.25. The molecule has 3 rings (SSSR count). The van der Waals surface area contributed by atoms with Crippen molar-refractivity contribution >= 4 is 34.1 Å². The standard InChI is InChI=1S/C18H14FN3O3S2/c1-2-24-17(23)15-13(12(7-20)16(21)27-15)9-26-18-22-8-14(25-18)10-3-5-11(19)6-4-10/h3-6,8H,2,9,21H2,1H3. The van der Waals surface area contributed by atoms with E-state index >= 15 is 0 Å². The summed E-state index contributed by atoms with van der Waals surface area (Å²) >= 11 is 2.26. The van der Waals surface area contributed by atoms with Crippen molar-refractivity contribution in [2.45, 2.75) is 17.9 Å². The largest absolute Gasteiger partial charge is 0.462 e. The summed E-state index contributed by atoms with van der Waals surface area (Å²) in [5, 5.41) is 9.97. The van der Waals surface area contributed by atoms with Gasteiger partial charge in [-0.15, -0.1) is 11.3 Å². The molecule has 6 nitrogen and oxygen atoms in total. The number of nitrogens with two attached hydrogens (primary N) is 1. The van der Waals surface area contributed by atoms with Crippen molar-refractivity contribution in [2.24, 2.45) is 0 Å². The third-order valence-corrected chi connectivity index (χ3v) is 5.47. The molecule has 0 aliphatic rings. The molecule has 0 unspecified atom stereocenters. The first-order valence-corrected chi connectivity index (χ1v) is 9.66. The molecule has 0 aliphatic heterocycles. The van der Waals surface area contributed by atoms with E-state index < -0.39 is 5.97 Å². The zero-order valence-electron chi connectivity index (χ0n) is 14.2. The van der Waals surface area contributed by atoms with Crippen LogP contribution in [0.3, 0.4) is 0 Å². The maximum absolute atomic E-state index is 13.0. The number of benzene rings is 1. The molecule has 27 heavy (non-hydrogen) atoms. The fraction of sp³-hybridized carbons (Fsp3) is 0.167. The second-order valence-corrected chi connectivity index (χ2v) is 7.25. The zero-order chi connectivity index (χ0) is 19.4. The van der Waals surface area contributed by atoms with Crippen molar-refractivity contribution in [1.82, 2.24) is 4.98 Å². The van der Waals surface area contributed by atoms with Gasteiger partial charge in [-0.25, -0.2) is 14.2 Å². The number of hydrogen-bond donors (Lipinski definition) is 1. The number of hydrogen-bond acceptors (Lipinski definition) is 8. The fourth-order valence-electron chi connectivity index (χ4n) is 2.31. The number of carbonyl (C=O) groups excluding carboxylic acids is 1. The van der Waals surface area contributed by atoms with E-state index in [1.807, 2.05) is 6.07 Å². The number of halogens is 1. The summed E-state index contributed by atoms with van der Waals surface area (Å²) in [5.41, 5.74) is 7.32. The van der Waals surface area contributed by atoms with Gasteiger partial charge in [0.25, 0.3) is 5.22 Å². The predicted octanol–water partition coefficient (Wildman–Crippen LogP) is 4.47. The molecule has 3 aromatic rings. The third kappa shape index (κ3) is 4.13. The second-order valence-electron chi connectivity index (χ2n) is 5.27. The zero-order valence-corrected chi connectivity index (χ0v) is 15.8. The summed E-state index contributed by atoms with van der Waals surface area (Å²) in [6, 6.07) is 7.89. The van der Waals surface area contributed by atoms with E-state index in [2.05, 4.69) is 4.98 Å². The van der Waals surface area contributed by atoms with Crippen LogP contribution in [0.25, 0.3) is 11.3 Å². The number of anilines is 1. The summed E-state index contributed by atoms with van der Waals surface area (Å²) in [4.78, 5) is 16.6. The lowest BCUT2D eigenvalue weighted by Gasteiger charge is -2.03. The quantitative estimate of drug-likeness (QED) is 0.479. The Hall–Kier alpha value is -2.83. The normalized spacial score (nSPS) is 10.6. The Balaban J connectivity index is 1.80. The van der Waals surface area contributed by atoms with E-state index in [0.717, 1.165) is 11.3 Å². The van der Waals surface area contributed by atoms with Gasteiger partial charge >= 0.3 is 5.97 Å². The first-order chi connectivity index (χ1) is 13.0. The van der Waals surface area contributed by atoms with Crippen LogP contribution < -0.4 is 5.73 Å². The highest BCUT2D eigenvalue weighted by atomic mass is 32.2. The molecule has 138 valence electrons. The summed E-state index contributed by atoms with van der Waals surface area (Å²) < 4.78 is 23.7. The Morgan fingerprint density at radius 3 is 2.85 bits per heavy atom. The van der Waals surface area contributed by atoms with E-state index in [4.69, 9.17) is 14.9 Å². The number of esters is 1. The molecular weight excluding hydrogens is 389 g/mol. The van der Waals surface area contributed by atoms with Crippen LogP contribution in [0.2, 0.25) is 0 Å². The molecule has 0 atom stereocenters. The van der Waals surface area contributed by atoms with Gasteiger partial charge in [-0.2, -0.15) is 5.26 Å². The number of carbonyl (C=O) groups is 1. The molecule has 0 radical (unpaired) electrons. The van der Waals surface area contributed by atoms with Gasteiger partial charge in [-0.1, -0.05) is 11.8 Å². The highest BCUT2D eigenvalue weighted by molar-refractivity contribution is 7.98. The number of thiophene rings is 1. The number of rotatable bonds is 6. The van der Waals surface area contributed by atoms with Gasteiger partial charge in [0.15, 0.2) is 5.76 Å². The van der Waals surface area contributed by atoms with Gasteiger partial charge < -0.3 is 14.9 Å². The van der Waals surface area contributed by atoms with E-state index in [-0.39, 0.29) is 28.7 Å². The van der Waals surface area contributed by atoms with Crippen molar-refractivity contribution in [3.8, 4) is 17.4 Å². The van der Waals surface area contributed by atoms with Gasteiger partial charge in [0.05, 0.1) is 18.4 Å². The van der Waals surface area contributed by atoms with Crippen molar-refractivity contribution in [3.05, 3.63) is 52.3 Å². The molecule has 2 N–H and O–H groups in total. The van der Waals surface area contributed by atoms with Gasteiger partial charge in [-0.3, -0.25) is 0 Å². The van der Waals surface area contributed by atoms with E-state index in [0.29, 0.717) is 27.0 Å². The topological polar surface area (TPSA) is 102 Å². The lowest BCUT2D eigenvalue weighted by Crippen LogP contribution is -2.05. The number of oxazole rings is 1. The molecule has 0 bridgehead atoms. The third-order valence-electron chi connectivity index (χ3n) is 3.56. The minimum Gasteiger partial charge on any atom is -0.462 e. The second kappa shape index (κ2) is 8.24. The lowest BCUT2D eigenvalue weighted by atomic mass is 10.2. The number of thioether (sulfide) groups is 1. The SMILES string of the molecule is CCOC(=O)c1sc(N)c(C#N)c1CSc1ncc(-c2ccc(F)cc2)o1. The monoisotopic (exact) mass is 403 g/mol. The molecular formula is C18H14FN3O3S2. The number of nitriles is 1. The summed E-state index contributed by atoms with van der Waals surface area (Å²) in [6.45, 7) is 1.93. The minimum atomic E-state index is -0.509. The maximum atomic E-state index is 13.0. The summed E-state index contributed by atoms with van der Waals surface area (Å²) in [6.07, 6.45) is 1.54. The molecule has 2 aromatic heterocycles. The molecule has 0 fully saturated rings. The van der Waals surface area contributed by atoms with E-state index in [1.165, 1.54) is 30.1 Å². The highest BCUT2D eigenvalue weighted by Crippen LogP contribution is 2.36. The molecule has 0 saturated heterocycles. The first-order valence-electron chi connectivity index (χ1n) is 7.86. The van der Waals surface area contributed by atoms with E-state index in [1.54, 1.807) is 19.1 Å². The van der Waals surface area contributed by atoms with Crippen LogP contribution in [0.1, 0.15) is 27.7 Å². The lowest BCUT2D eigenvalue weighted by molar-refractivity contribution is 0.0531. The van der Waals surface area contributed by atoms with Crippen LogP contribution in [0, 0.1) is 17.1 Å². The van der Waals surface area contributed by atoms with Crippen molar-refractivity contribution in [2.75, 3.05) is 12.3 Å². The number of aromatic nitrogens is 1. The molecule has 0 saturated carbocycles. The van der Waals surface area contributed by atoms with Gasteiger partial charge in [0, 0.05) is 16.9 Å². The Labute approximate surface area is 162 Å². The summed E-state index contributed by atoms with van der Waals surface area (Å²) in [7, 11) is 0. The minimum absolute atomic E-state index is 0.228. The number of nitrogen functional groups attached to an aromatic ring is 1. The Morgan fingerprint density at radius 1 is 1.44 bits per heavy atom. The van der Waals surface area contributed by atoms with Crippen LogP contribution in [0.15, 0.2) is 40.1 Å². The Kier molecular flexibility index (Phi) is 5.78. The fourth-order valence-corrected chi connectivity index (χ4v) is 4.17. The highest BCUT2D eigenvalue weighted by Gasteiger charge is 2.23. The van der Waals surface area contributed by atoms with E-state index in [9.17, 15) is 14.4 Å². The van der Waals surface area contributed by atoms with Crippen LogP contribution in [-0.2, 0) is 10.5 Å². The van der Waals surface area contributed by atoms with Crippen LogP contribution in [-0.4, -0.2) is 17.6 Å². The number of nitrogens with zero attached hydrogens (tertiary/aromatic N) is 2. The molecule has 0 amide bonds. The Bertz CT molecular complexity index is 1010. The van der Waals surface area contributed by atoms with Crippen molar-refractivity contribution in [3.63, 3.8) is 0 Å². The van der Waals surface area contributed by atoms with Crippen molar-refractivity contribution < 1.29 is 18.3 Å². The predicted molar refractivity (Wildman–Crippen MR) is 101 cm³/mol. The van der Waals surface area contributed by atoms with Gasteiger partial charge in [0.1, 0.15) is 21.8 Å². The first kappa shape index (κ1) is 18.9. The maximum Gasteiger partial charge on any atom is 0.348 e. The summed E-state index contributed by atoms with van der Waals surface area (Å²) in [5.74, 6) is -0.0775. The number of ether oxygens (including phenoxy) is 1. The molecule has 2 heterocycles. The van der Waals surface area contributed by atoms with Gasteiger partial charge in [-0.05, 0) is 31.2 Å². The molecule has 0 aliphatic carbocycles. The Morgan fingerprint density at radius 2 is 2.19 bits per heavy atom. The van der Waals surface area contributed by atoms with Crippen LogP contribution in [0.5, 0.6) is 0 Å². The van der Waals surface area contributed by atoms with Crippen LogP contribution in [0.4, 0.5) is 9.39 Å². The van der Waals surface area contributed by atoms with Crippen LogP contribution >= 0.6 is 23.1 Å².